The Labute approximate surface area is 90.5 Å². The van der Waals surface area contributed by atoms with Crippen molar-refractivity contribution in [2.24, 2.45) is 23.7 Å². The molecular formula is C14H28. The van der Waals surface area contributed by atoms with E-state index in [2.05, 4.69) is 27.7 Å². The van der Waals surface area contributed by atoms with Gasteiger partial charge in [-0.05, 0) is 36.5 Å². The normalized spacial score (nSPS) is 34.7. The zero-order chi connectivity index (χ0) is 10.6. The summed E-state index contributed by atoms with van der Waals surface area (Å²) in [5.41, 5.74) is 0. The highest BCUT2D eigenvalue weighted by molar-refractivity contribution is 4.78. The molecule has 0 aromatic carbocycles. The molecule has 0 heteroatoms. The first-order chi connectivity index (χ1) is 6.63. The Bertz CT molecular complexity index is 140. The first-order valence-corrected chi connectivity index (χ1v) is 6.63. The minimum absolute atomic E-state index is 0.964. The van der Waals surface area contributed by atoms with Crippen molar-refractivity contribution in [3.8, 4) is 0 Å². The smallest absolute Gasteiger partial charge is 0.0409 e. The van der Waals surface area contributed by atoms with Gasteiger partial charge < -0.3 is 0 Å². The fourth-order valence-corrected chi connectivity index (χ4v) is 3.01. The second kappa shape index (κ2) is 5.78. The molecular weight excluding hydrogens is 168 g/mol. The van der Waals surface area contributed by atoms with Crippen molar-refractivity contribution in [1.82, 2.24) is 0 Å². The lowest BCUT2D eigenvalue weighted by atomic mass is 9.92. The van der Waals surface area contributed by atoms with Gasteiger partial charge in [0.1, 0.15) is 0 Å². The standard InChI is InChI=1S/C14H28/c1-5-6-11(2)7-8-14-9-12(3)13(4)10-14/h11-14H,5-10H2,1-4H3. The Morgan fingerprint density at radius 2 is 1.64 bits per heavy atom. The minimum Gasteiger partial charge on any atom is -0.0654 e. The third-order valence-electron chi connectivity index (χ3n) is 4.23. The lowest BCUT2D eigenvalue weighted by Crippen LogP contribution is -2.00. The maximum Gasteiger partial charge on any atom is -0.0409 e. The van der Waals surface area contributed by atoms with Crippen molar-refractivity contribution in [3.63, 3.8) is 0 Å². The Kier molecular flexibility index (Phi) is 4.98. The molecule has 0 nitrogen and oxygen atoms in total. The second-order valence-electron chi connectivity index (χ2n) is 5.76. The highest BCUT2D eigenvalue weighted by atomic mass is 14.3. The van der Waals surface area contributed by atoms with Crippen molar-refractivity contribution >= 4 is 0 Å². The van der Waals surface area contributed by atoms with Crippen LogP contribution < -0.4 is 0 Å². The maximum atomic E-state index is 2.43. The van der Waals surface area contributed by atoms with Crippen molar-refractivity contribution in [2.45, 2.75) is 66.2 Å². The molecule has 0 amide bonds. The molecule has 1 aliphatic carbocycles. The Hall–Kier alpha value is 0. The molecule has 84 valence electrons. The zero-order valence-electron chi connectivity index (χ0n) is 10.6. The van der Waals surface area contributed by atoms with Crippen LogP contribution in [0, 0.1) is 23.7 Å². The molecule has 3 atom stereocenters. The van der Waals surface area contributed by atoms with Gasteiger partial charge in [0.2, 0.25) is 0 Å². The fraction of sp³-hybridized carbons (Fsp3) is 1.00. The van der Waals surface area contributed by atoms with E-state index in [9.17, 15) is 0 Å². The Balaban J connectivity index is 2.13. The second-order valence-corrected chi connectivity index (χ2v) is 5.76. The molecule has 1 aliphatic rings. The number of hydrogen-bond donors (Lipinski definition) is 0. The van der Waals surface area contributed by atoms with Crippen LogP contribution in [0.15, 0.2) is 0 Å². The molecule has 3 unspecified atom stereocenters. The highest BCUT2D eigenvalue weighted by Crippen LogP contribution is 2.38. The Morgan fingerprint density at radius 3 is 2.14 bits per heavy atom. The molecule has 0 N–H and O–H groups in total. The summed E-state index contributed by atoms with van der Waals surface area (Å²) < 4.78 is 0. The van der Waals surface area contributed by atoms with Crippen molar-refractivity contribution in [2.75, 3.05) is 0 Å². The highest BCUT2D eigenvalue weighted by Gasteiger charge is 2.27. The molecule has 0 radical (unpaired) electrons. The fourth-order valence-electron chi connectivity index (χ4n) is 3.01. The third-order valence-corrected chi connectivity index (χ3v) is 4.23. The quantitative estimate of drug-likeness (QED) is 0.587. The van der Waals surface area contributed by atoms with Crippen LogP contribution in [0.5, 0.6) is 0 Å². The lowest BCUT2D eigenvalue weighted by molar-refractivity contribution is 0.389. The van der Waals surface area contributed by atoms with Gasteiger partial charge in [0.25, 0.3) is 0 Å². The molecule has 0 heterocycles. The van der Waals surface area contributed by atoms with Crippen LogP contribution in [-0.4, -0.2) is 0 Å². The van der Waals surface area contributed by atoms with Gasteiger partial charge in [0.05, 0.1) is 0 Å². The van der Waals surface area contributed by atoms with Crippen LogP contribution in [0.2, 0.25) is 0 Å². The van der Waals surface area contributed by atoms with E-state index in [1.54, 1.807) is 0 Å². The largest absolute Gasteiger partial charge is 0.0654 e. The summed E-state index contributed by atoms with van der Waals surface area (Å²) in [5.74, 6) is 3.99. The van der Waals surface area contributed by atoms with Crippen LogP contribution in [0.1, 0.15) is 66.2 Å². The van der Waals surface area contributed by atoms with Gasteiger partial charge in [-0.25, -0.2) is 0 Å². The molecule has 1 saturated carbocycles. The van der Waals surface area contributed by atoms with Gasteiger partial charge in [-0.2, -0.15) is 0 Å². The Morgan fingerprint density at radius 1 is 1.07 bits per heavy atom. The van der Waals surface area contributed by atoms with Crippen molar-refractivity contribution in [1.29, 1.82) is 0 Å². The predicted octanol–water partition coefficient (Wildman–Crippen LogP) is 4.89. The number of hydrogen-bond acceptors (Lipinski definition) is 0. The molecule has 0 spiro atoms. The van der Waals surface area contributed by atoms with Crippen LogP contribution in [-0.2, 0) is 0 Å². The van der Waals surface area contributed by atoms with Gasteiger partial charge in [-0.1, -0.05) is 53.4 Å². The third kappa shape index (κ3) is 3.63. The van der Waals surface area contributed by atoms with Crippen LogP contribution in [0.3, 0.4) is 0 Å². The molecule has 1 fully saturated rings. The minimum atomic E-state index is 0.964. The van der Waals surface area contributed by atoms with E-state index in [4.69, 9.17) is 0 Å². The molecule has 0 aliphatic heterocycles. The summed E-state index contributed by atoms with van der Waals surface area (Å²) >= 11 is 0. The van der Waals surface area contributed by atoms with Gasteiger partial charge >= 0.3 is 0 Å². The van der Waals surface area contributed by atoms with E-state index in [0.717, 1.165) is 23.7 Å². The number of rotatable bonds is 5. The SMILES string of the molecule is CCCC(C)CCC1CC(C)C(C)C1. The average Bonchev–Trinajstić information content (AvgIpc) is 2.44. The van der Waals surface area contributed by atoms with Crippen LogP contribution in [0.25, 0.3) is 0 Å². The summed E-state index contributed by atoms with van der Waals surface area (Å²) in [6.45, 7) is 9.59. The van der Waals surface area contributed by atoms with Gasteiger partial charge in [-0.15, -0.1) is 0 Å². The van der Waals surface area contributed by atoms with Crippen LogP contribution >= 0.6 is 0 Å². The molecule has 0 aromatic rings. The summed E-state index contributed by atoms with van der Waals surface area (Å²) in [6.07, 6.45) is 8.75. The summed E-state index contributed by atoms with van der Waals surface area (Å²) in [4.78, 5) is 0. The first-order valence-electron chi connectivity index (χ1n) is 6.63. The van der Waals surface area contributed by atoms with Crippen LogP contribution in [0.4, 0.5) is 0 Å². The molecule has 0 saturated heterocycles. The van der Waals surface area contributed by atoms with Gasteiger partial charge in [0.15, 0.2) is 0 Å². The zero-order valence-corrected chi connectivity index (χ0v) is 10.6. The van der Waals surface area contributed by atoms with E-state index < -0.39 is 0 Å². The van der Waals surface area contributed by atoms with E-state index in [-0.39, 0.29) is 0 Å². The summed E-state index contributed by atoms with van der Waals surface area (Å²) in [5, 5.41) is 0. The monoisotopic (exact) mass is 196 g/mol. The van der Waals surface area contributed by atoms with E-state index in [1.165, 1.54) is 38.5 Å². The van der Waals surface area contributed by atoms with E-state index in [1.807, 2.05) is 0 Å². The molecule has 1 rings (SSSR count). The average molecular weight is 196 g/mol. The first kappa shape index (κ1) is 12.1. The van der Waals surface area contributed by atoms with Gasteiger partial charge in [0, 0.05) is 0 Å². The van der Waals surface area contributed by atoms with Crippen molar-refractivity contribution < 1.29 is 0 Å². The molecule has 0 bridgehead atoms. The van der Waals surface area contributed by atoms with Crippen molar-refractivity contribution in [3.05, 3.63) is 0 Å². The van der Waals surface area contributed by atoms with Gasteiger partial charge in [-0.3, -0.25) is 0 Å². The van der Waals surface area contributed by atoms with E-state index in [0.29, 0.717) is 0 Å². The molecule has 0 aromatic heterocycles. The lowest BCUT2D eigenvalue weighted by Gasteiger charge is -2.13. The topological polar surface area (TPSA) is 0 Å². The predicted molar refractivity (Wildman–Crippen MR) is 64.4 cm³/mol. The van der Waals surface area contributed by atoms with E-state index >= 15 is 0 Å². The molecule has 14 heavy (non-hydrogen) atoms. The summed E-state index contributed by atoms with van der Waals surface area (Å²) in [6, 6.07) is 0. The summed E-state index contributed by atoms with van der Waals surface area (Å²) in [7, 11) is 0. The maximum absolute atomic E-state index is 2.43.